The number of carboxylic acids is 1. The summed E-state index contributed by atoms with van der Waals surface area (Å²) in [5.74, 6) is -1.88. The molecule has 0 bridgehead atoms. The number of phenols is 1. The van der Waals surface area contributed by atoms with Crippen molar-refractivity contribution < 1.29 is 19.8 Å². The number of hydrogen-bond acceptors (Lipinski definition) is 3. The van der Waals surface area contributed by atoms with Gasteiger partial charge in [-0.3, -0.25) is 4.79 Å². The zero-order chi connectivity index (χ0) is 14.8. The summed E-state index contributed by atoms with van der Waals surface area (Å²) in [7, 11) is 0. The molecule has 1 amide bonds. The van der Waals surface area contributed by atoms with Crippen molar-refractivity contribution in [2.45, 2.75) is 37.6 Å². The predicted octanol–water partition coefficient (Wildman–Crippen LogP) is 2.56. The van der Waals surface area contributed by atoms with Gasteiger partial charge in [-0.1, -0.05) is 30.9 Å². The van der Waals surface area contributed by atoms with Gasteiger partial charge < -0.3 is 15.5 Å². The van der Waals surface area contributed by atoms with E-state index in [0.29, 0.717) is 17.9 Å². The highest BCUT2D eigenvalue weighted by Crippen LogP contribution is 2.30. The van der Waals surface area contributed by atoms with Crippen LogP contribution in [0.2, 0.25) is 5.02 Å². The first-order valence-electron chi connectivity index (χ1n) is 6.49. The zero-order valence-corrected chi connectivity index (χ0v) is 11.6. The second kappa shape index (κ2) is 5.71. The third-order valence-corrected chi connectivity index (χ3v) is 3.91. The molecule has 0 radical (unpaired) electrons. The molecule has 1 saturated carbocycles. The lowest BCUT2D eigenvalue weighted by Gasteiger charge is -2.34. The fourth-order valence-corrected chi connectivity index (χ4v) is 2.70. The first kappa shape index (κ1) is 14.7. The quantitative estimate of drug-likeness (QED) is 0.800. The number of carbonyl (C=O) groups excluding carboxylic acids is 1. The van der Waals surface area contributed by atoms with Gasteiger partial charge in [-0.05, 0) is 31.0 Å². The maximum atomic E-state index is 12.2. The Balaban J connectivity index is 2.22. The number of rotatable bonds is 3. The van der Waals surface area contributed by atoms with Gasteiger partial charge in [-0.25, -0.2) is 4.79 Å². The van der Waals surface area contributed by atoms with Gasteiger partial charge >= 0.3 is 5.97 Å². The molecule has 3 N–H and O–H groups in total. The van der Waals surface area contributed by atoms with Crippen molar-refractivity contribution in [3.63, 3.8) is 0 Å². The largest absolute Gasteiger partial charge is 0.507 e. The molecule has 1 fully saturated rings. The summed E-state index contributed by atoms with van der Waals surface area (Å²) in [6.45, 7) is 0. The van der Waals surface area contributed by atoms with E-state index in [0.717, 1.165) is 19.3 Å². The van der Waals surface area contributed by atoms with Gasteiger partial charge in [-0.2, -0.15) is 0 Å². The monoisotopic (exact) mass is 297 g/mol. The fourth-order valence-electron chi connectivity index (χ4n) is 2.53. The van der Waals surface area contributed by atoms with Crippen LogP contribution in [0.1, 0.15) is 42.5 Å². The maximum absolute atomic E-state index is 12.2. The number of aromatic hydroxyl groups is 1. The molecule has 0 unspecified atom stereocenters. The number of nitrogens with one attached hydrogen (secondary N) is 1. The van der Waals surface area contributed by atoms with Gasteiger partial charge in [0.05, 0.1) is 5.56 Å². The number of carbonyl (C=O) groups is 2. The van der Waals surface area contributed by atoms with Crippen LogP contribution in [0, 0.1) is 0 Å². The van der Waals surface area contributed by atoms with E-state index in [1.165, 1.54) is 18.2 Å². The third kappa shape index (κ3) is 2.88. The molecule has 0 aromatic heterocycles. The average Bonchev–Trinajstić information content (AvgIpc) is 2.39. The standard InChI is InChI=1S/C14H16ClNO4/c15-9-4-5-10(11(17)8-9)12(18)16-14(13(19)20)6-2-1-3-7-14/h4-5,8,17H,1-3,6-7H2,(H,16,18)(H,19,20). The number of benzene rings is 1. The molecule has 0 heterocycles. The van der Waals surface area contributed by atoms with Crippen LogP contribution in [-0.2, 0) is 4.79 Å². The molecule has 2 rings (SSSR count). The highest BCUT2D eigenvalue weighted by molar-refractivity contribution is 6.30. The Morgan fingerprint density at radius 2 is 1.85 bits per heavy atom. The van der Waals surface area contributed by atoms with Crippen LogP contribution >= 0.6 is 11.6 Å². The molecular formula is C14H16ClNO4. The van der Waals surface area contributed by atoms with Gasteiger partial charge in [0.25, 0.3) is 5.91 Å². The summed E-state index contributed by atoms with van der Waals surface area (Å²) in [6, 6.07) is 4.11. The van der Waals surface area contributed by atoms with E-state index in [1.807, 2.05) is 0 Å². The number of hydrogen-bond donors (Lipinski definition) is 3. The van der Waals surface area contributed by atoms with Gasteiger partial charge in [0.1, 0.15) is 11.3 Å². The molecule has 0 aliphatic heterocycles. The highest BCUT2D eigenvalue weighted by Gasteiger charge is 2.41. The maximum Gasteiger partial charge on any atom is 0.329 e. The van der Waals surface area contributed by atoms with Crippen molar-refractivity contribution in [1.82, 2.24) is 5.32 Å². The van der Waals surface area contributed by atoms with E-state index in [4.69, 9.17) is 11.6 Å². The Morgan fingerprint density at radius 3 is 2.40 bits per heavy atom. The Kier molecular flexibility index (Phi) is 4.18. The summed E-state index contributed by atoms with van der Waals surface area (Å²) in [6.07, 6.45) is 3.31. The Morgan fingerprint density at radius 1 is 1.20 bits per heavy atom. The molecule has 0 atom stereocenters. The van der Waals surface area contributed by atoms with Crippen LogP contribution < -0.4 is 5.32 Å². The summed E-state index contributed by atoms with van der Waals surface area (Å²) >= 11 is 5.71. The predicted molar refractivity (Wildman–Crippen MR) is 74.0 cm³/mol. The highest BCUT2D eigenvalue weighted by atomic mass is 35.5. The van der Waals surface area contributed by atoms with Crippen LogP contribution in [0.3, 0.4) is 0 Å². The van der Waals surface area contributed by atoms with E-state index in [2.05, 4.69) is 5.32 Å². The molecule has 1 aromatic carbocycles. The second-order valence-corrected chi connectivity index (χ2v) is 5.50. The molecule has 5 nitrogen and oxygen atoms in total. The number of phenolic OH excluding ortho intramolecular Hbond substituents is 1. The number of halogens is 1. The first-order valence-corrected chi connectivity index (χ1v) is 6.87. The number of aliphatic carboxylic acids is 1. The molecule has 1 aromatic rings. The van der Waals surface area contributed by atoms with Gasteiger partial charge in [-0.15, -0.1) is 0 Å². The van der Waals surface area contributed by atoms with E-state index in [9.17, 15) is 19.8 Å². The summed E-state index contributed by atoms with van der Waals surface area (Å²) in [5.41, 5.74) is -1.21. The lowest BCUT2D eigenvalue weighted by molar-refractivity contribution is -0.145. The lowest BCUT2D eigenvalue weighted by Crippen LogP contribution is -2.55. The molecule has 1 aliphatic rings. The minimum atomic E-state index is -1.23. The van der Waals surface area contributed by atoms with Crippen molar-refractivity contribution in [3.8, 4) is 5.75 Å². The molecule has 108 valence electrons. The van der Waals surface area contributed by atoms with Crippen LogP contribution in [0.15, 0.2) is 18.2 Å². The van der Waals surface area contributed by atoms with Crippen LogP contribution in [0.25, 0.3) is 0 Å². The molecular weight excluding hydrogens is 282 g/mol. The minimum Gasteiger partial charge on any atom is -0.507 e. The van der Waals surface area contributed by atoms with Crippen molar-refractivity contribution in [1.29, 1.82) is 0 Å². The Bertz CT molecular complexity index is 538. The first-order chi connectivity index (χ1) is 9.44. The van der Waals surface area contributed by atoms with Crippen LogP contribution in [-0.4, -0.2) is 27.6 Å². The smallest absolute Gasteiger partial charge is 0.329 e. The summed E-state index contributed by atoms with van der Waals surface area (Å²) in [5, 5.41) is 22.0. The van der Waals surface area contributed by atoms with Gasteiger partial charge in [0, 0.05) is 5.02 Å². The van der Waals surface area contributed by atoms with E-state index in [-0.39, 0.29) is 11.3 Å². The second-order valence-electron chi connectivity index (χ2n) is 5.06. The summed E-state index contributed by atoms with van der Waals surface area (Å²) in [4.78, 5) is 23.7. The van der Waals surface area contributed by atoms with Crippen LogP contribution in [0.5, 0.6) is 5.75 Å². The van der Waals surface area contributed by atoms with E-state index < -0.39 is 17.4 Å². The molecule has 1 aliphatic carbocycles. The summed E-state index contributed by atoms with van der Waals surface area (Å²) < 4.78 is 0. The minimum absolute atomic E-state index is 0.0283. The Hall–Kier alpha value is -1.75. The third-order valence-electron chi connectivity index (χ3n) is 3.67. The van der Waals surface area contributed by atoms with Crippen molar-refractivity contribution in [3.05, 3.63) is 28.8 Å². The van der Waals surface area contributed by atoms with Gasteiger partial charge in [0.2, 0.25) is 0 Å². The molecule has 0 saturated heterocycles. The molecule has 6 heteroatoms. The van der Waals surface area contributed by atoms with Crippen molar-refractivity contribution in [2.24, 2.45) is 0 Å². The molecule has 20 heavy (non-hydrogen) atoms. The topological polar surface area (TPSA) is 86.6 Å². The normalized spacial score (nSPS) is 17.4. The van der Waals surface area contributed by atoms with Crippen LogP contribution in [0.4, 0.5) is 0 Å². The van der Waals surface area contributed by atoms with E-state index >= 15 is 0 Å². The number of carboxylic acid groups (broad SMARTS) is 1. The fraction of sp³-hybridized carbons (Fsp3) is 0.429. The number of amides is 1. The SMILES string of the molecule is O=C(NC1(C(=O)O)CCCCC1)c1ccc(Cl)cc1O. The average molecular weight is 298 g/mol. The van der Waals surface area contributed by atoms with Crippen molar-refractivity contribution in [2.75, 3.05) is 0 Å². The molecule has 0 spiro atoms. The van der Waals surface area contributed by atoms with Gasteiger partial charge in [0.15, 0.2) is 0 Å². The van der Waals surface area contributed by atoms with Crippen molar-refractivity contribution >= 4 is 23.5 Å². The zero-order valence-electron chi connectivity index (χ0n) is 10.9. The Labute approximate surface area is 121 Å². The lowest BCUT2D eigenvalue weighted by atomic mass is 9.81. The van der Waals surface area contributed by atoms with E-state index in [1.54, 1.807) is 0 Å².